The van der Waals surface area contributed by atoms with Gasteiger partial charge in [-0.15, -0.1) is 0 Å². The molecule has 168 valence electrons. The normalized spacial score (nSPS) is 11.4. The Hall–Kier alpha value is -3.79. The Morgan fingerprint density at radius 1 is 1.03 bits per heavy atom. The van der Waals surface area contributed by atoms with E-state index in [9.17, 15) is 29.3 Å². The molecule has 0 bridgehead atoms. The van der Waals surface area contributed by atoms with E-state index in [4.69, 9.17) is 16.3 Å². The van der Waals surface area contributed by atoms with E-state index in [0.29, 0.717) is 0 Å². The van der Waals surface area contributed by atoms with E-state index < -0.39 is 52.9 Å². The number of amides is 3. The fourth-order valence-corrected chi connectivity index (χ4v) is 2.75. The van der Waals surface area contributed by atoms with Crippen LogP contribution in [0.2, 0.25) is 5.02 Å². The number of ether oxygens (including phenoxy) is 1. The Morgan fingerprint density at radius 2 is 1.69 bits per heavy atom. The molecular formula is C21H20ClN3O7. The third-order valence-corrected chi connectivity index (χ3v) is 4.57. The number of carbonyl (C=O) groups is 4. The van der Waals surface area contributed by atoms with Gasteiger partial charge in [-0.3, -0.25) is 29.8 Å². The maximum absolute atomic E-state index is 12.5. The molecule has 0 saturated carbocycles. The zero-order chi connectivity index (χ0) is 23.8. The molecule has 0 heterocycles. The Labute approximate surface area is 188 Å². The van der Waals surface area contributed by atoms with Crippen LogP contribution in [0.1, 0.15) is 34.6 Å². The molecule has 2 aromatic carbocycles. The number of imide groups is 1. The van der Waals surface area contributed by atoms with Crippen molar-refractivity contribution in [2.75, 3.05) is 6.61 Å². The van der Waals surface area contributed by atoms with Gasteiger partial charge in [0.1, 0.15) is 11.1 Å². The van der Waals surface area contributed by atoms with Crippen molar-refractivity contribution in [3.05, 3.63) is 74.8 Å². The Bertz CT molecular complexity index is 1040. The number of esters is 1. The summed E-state index contributed by atoms with van der Waals surface area (Å²) < 4.78 is 4.93. The molecule has 32 heavy (non-hydrogen) atoms. The average molecular weight is 462 g/mol. The number of carbonyl (C=O) groups excluding carboxylic acids is 4. The van der Waals surface area contributed by atoms with E-state index in [-0.39, 0.29) is 16.1 Å². The molecule has 2 N–H and O–H groups in total. The van der Waals surface area contributed by atoms with Gasteiger partial charge in [-0.05, 0) is 30.2 Å². The highest BCUT2D eigenvalue weighted by Crippen LogP contribution is 2.25. The van der Waals surface area contributed by atoms with Gasteiger partial charge in [0.25, 0.3) is 23.4 Å². The predicted octanol–water partition coefficient (Wildman–Crippen LogP) is 2.50. The quantitative estimate of drug-likeness (QED) is 0.349. The van der Waals surface area contributed by atoms with E-state index in [1.807, 2.05) is 0 Å². The SMILES string of the molecule is CC(C)C(NC(=O)c1ccc(Cl)c([N+](=O)[O-])c1)C(=O)OCC(=O)NC(=O)c1ccccc1. The van der Waals surface area contributed by atoms with Crippen LogP contribution in [-0.4, -0.2) is 41.3 Å². The maximum Gasteiger partial charge on any atom is 0.329 e. The molecule has 0 radical (unpaired) electrons. The van der Waals surface area contributed by atoms with Gasteiger partial charge in [0.2, 0.25) is 0 Å². The Balaban J connectivity index is 1.98. The second-order valence-corrected chi connectivity index (χ2v) is 7.38. The molecule has 1 atom stereocenters. The molecule has 0 aliphatic carbocycles. The van der Waals surface area contributed by atoms with Gasteiger partial charge in [-0.2, -0.15) is 0 Å². The molecule has 0 saturated heterocycles. The first kappa shape index (κ1) is 24.5. The standard InChI is InChI=1S/C21H20ClN3O7/c1-12(2)18(24-20(28)14-8-9-15(22)16(10-14)25(30)31)21(29)32-11-17(26)23-19(27)13-6-4-3-5-7-13/h3-10,12,18H,11H2,1-2H3,(H,24,28)(H,23,26,27). The number of hydrogen-bond acceptors (Lipinski definition) is 7. The number of nitrogens with one attached hydrogen (secondary N) is 2. The van der Waals surface area contributed by atoms with Gasteiger partial charge in [-0.25, -0.2) is 4.79 Å². The van der Waals surface area contributed by atoms with E-state index >= 15 is 0 Å². The third kappa shape index (κ3) is 6.61. The third-order valence-electron chi connectivity index (χ3n) is 4.25. The van der Waals surface area contributed by atoms with Crippen molar-refractivity contribution >= 4 is 41.0 Å². The number of halogens is 1. The molecule has 11 heteroatoms. The number of nitro groups is 1. The van der Waals surface area contributed by atoms with Crippen molar-refractivity contribution in [3.63, 3.8) is 0 Å². The summed E-state index contributed by atoms with van der Waals surface area (Å²) in [5.41, 5.74) is -0.273. The van der Waals surface area contributed by atoms with E-state index in [1.165, 1.54) is 24.3 Å². The van der Waals surface area contributed by atoms with Crippen LogP contribution in [0.15, 0.2) is 48.5 Å². The lowest BCUT2D eigenvalue weighted by molar-refractivity contribution is -0.384. The molecule has 0 aromatic heterocycles. The van der Waals surface area contributed by atoms with Gasteiger partial charge >= 0.3 is 5.97 Å². The number of hydrogen-bond donors (Lipinski definition) is 2. The lowest BCUT2D eigenvalue weighted by Gasteiger charge is -2.20. The van der Waals surface area contributed by atoms with Crippen molar-refractivity contribution < 1.29 is 28.8 Å². The number of nitro benzene ring substituents is 1. The van der Waals surface area contributed by atoms with Crippen molar-refractivity contribution in [3.8, 4) is 0 Å². The summed E-state index contributed by atoms with van der Waals surface area (Å²) in [6, 6.07) is 10.3. The summed E-state index contributed by atoms with van der Waals surface area (Å²) in [4.78, 5) is 59.0. The van der Waals surface area contributed by atoms with Crippen molar-refractivity contribution in [1.29, 1.82) is 0 Å². The van der Waals surface area contributed by atoms with Crippen LogP contribution in [0.3, 0.4) is 0 Å². The van der Waals surface area contributed by atoms with Crippen LogP contribution < -0.4 is 10.6 Å². The summed E-state index contributed by atoms with van der Waals surface area (Å²) in [6.45, 7) is 2.54. The largest absolute Gasteiger partial charge is 0.454 e. The van der Waals surface area contributed by atoms with Gasteiger partial charge in [0, 0.05) is 17.2 Å². The van der Waals surface area contributed by atoms with Gasteiger partial charge in [0.05, 0.1) is 4.92 Å². The zero-order valence-electron chi connectivity index (χ0n) is 17.2. The van der Waals surface area contributed by atoms with Crippen molar-refractivity contribution in [2.45, 2.75) is 19.9 Å². The zero-order valence-corrected chi connectivity index (χ0v) is 17.9. The molecule has 0 aliphatic heterocycles. The average Bonchev–Trinajstić information content (AvgIpc) is 2.76. The fraction of sp³-hybridized carbons (Fsp3) is 0.238. The van der Waals surface area contributed by atoms with Gasteiger partial charge in [-0.1, -0.05) is 43.6 Å². The number of rotatable bonds is 8. The van der Waals surface area contributed by atoms with Crippen LogP contribution in [0.5, 0.6) is 0 Å². The highest BCUT2D eigenvalue weighted by atomic mass is 35.5. The minimum absolute atomic E-state index is 0.0780. The van der Waals surface area contributed by atoms with Gasteiger partial charge < -0.3 is 10.1 Å². The summed E-state index contributed by atoms with van der Waals surface area (Å²) in [5.74, 6) is -3.58. The first-order chi connectivity index (χ1) is 15.1. The fourth-order valence-electron chi connectivity index (χ4n) is 2.57. The molecule has 0 spiro atoms. The molecule has 0 fully saturated rings. The Morgan fingerprint density at radius 3 is 2.28 bits per heavy atom. The minimum Gasteiger partial charge on any atom is -0.454 e. The monoisotopic (exact) mass is 461 g/mol. The second-order valence-electron chi connectivity index (χ2n) is 6.97. The van der Waals surface area contributed by atoms with E-state index in [2.05, 4.69) is 10.6 Å². The van der Waals surface area contributed by atoms with E-state index in [1.54, 1.807) is 32.0 Å². The first-order valence-electron chi connectivity index (χ1n) is 9.40. The molecule has 2 aromatic rings. The van der Waals surface area contributed by atoms with Crippen molar-refractivity contribution in [2.24, 2.45) is 5.92 Å². The van der Waals surface area contributed by atoms with Crippen LogP contribution in [0.25, 0.3) is 0 Å². The first-order valence-corrected chi connectivity index (χ1v) is 9.78. The van der Waals surface area contributed by atoms with Crippen LogP contribution in [0, 0.1) is 16.0 Å². The second kappa shape index (κ2) is 11.0. The summed E-state index contributed by atoms with van der Waals surface area (Å²) in [7, 11) is 0. The van der Waals surface area contributed by atoms with Crippen molar-refractivity contribution in [1.82, 2.24) is 10.6 Å². The molecular weight excluding hydrogens is 442 g/mol. The molecule has 10 nitrogen and oxygen atoms in total. The maximum atomic E-state index is 12.5. The van der Waals surface area contributed by atoms with Crippen LogP contribution in [0.4, 0.5) is 5.69 Å². The van der Waals surface area contributed by atoms with E-state index in [0.717, 1.165) is 6.07 Å². The summed E-state index contributed by atoms with van der Waals surface area (Å²) >= 11 is 5.74. The smallest absolute Gasteiger partial charge is 0.329 e. The minimum atomic E-state index is -1.14. The lowest BCUT2D eigenvalue weighted by atomic mass is 10.0. The number of benzene rings is 2. The van der Waals surface area contributed by atoms with Gasteiger partial charge in [0.15, 0.2) is 6.61 Å². The number of nitrogens with zero attached hydrogens (tertiary/aromatic N) is 1. The molecule has 3 amide bonds. The van der Waals surface area contributed by atoms with Crippen LogP contribution >= 0.6 is 11.6 Å². The molecule has 1 unspecified atom stereocenters. The highest BCUT2D eigenvalue weighted by Gasteiger charge is 2.28. The summed E-state index contributed by atoms with van der Waals surface area (Å²) in [5, 5.41) is 15.4. The predicted molar refractivity (Wildman–Crippen MR) is 114 cm³/mol. The molecule has 0 aliphatic rings. The Kier molecular flexibility index (Phi) is 8.42. The molecule has 2 rings (SSSR count). The summed E-state index contributed by atoms with van der Waals surface area (Å²) in [6.07, 6.45) is 0. The highest BCUT2D eigenvalue weighted by molar-refractivity contribution is 6.32. The topological polar surface area (TPSA) is 145 Å². The van der Waals surface area contributed by atoms with Crippen LogP contribution in [-0.2, 0) is 14.3 Å². The lowest BCUT2D eigenvalue weighted by Crippen LogP contribution is -2.46.